The van der Waals surface area contributed by atoms with Crippen LogP contribution in [-0.4, -0.2) is 30.0 Å². The molecule has 1 aliphatic heterocycles. The Morgan fingerprint density at radius 2 is 1.97 bits per heavy atom. The van der Waals surface area contributed by atoms with E-state index in [0.29, 0.717) is 11.6 Å². The molecule has 0 saturated carbocycles. The molecule has 0 unspecified atom stereocenters. The minimum absolute atomic E-state index is 0.144. The first-order valence-corrected chi connectivity index (χ1v) is 10.0. The fraction of sp³-hybridized carbons (Fsp3) is 0.250. The average Bonchev–Trinajstić information content (AvgIpc) is 3.22. The largest absolute Gasteiger partial charge is 0.355 e. The summed E-state index contributed by atoms with van der Waals surface area (Å²) in [7, 11) is 0. The van der Waals surface area contributed by atoms with Gasteiger partial charge in [-0.2, -0.15) is 0 Å². The smallest absolute Gasteiger partial charge is 0.257 e. The molecule has 1 saturated heterocycles. The van der Waals surface area contributed by atoms with E-state index in [1.54, 1.807) is 6.20 Å². The maximum atomic E-state index is 12.4. The van der Waals surface area contributed by atoms with E-state index in [0.717, 1.165) is 37.6 Å². The Labute approximate surface area is 171 Å². The van der Waals surface area contributed by atoms with Gasteiger partial charge in [0.15, 0.2) is 0 Å². The number of carbonyl (C=O) groups excluding carboxylic acids is 1. The van der Waals surface area contributed by atoms with Crippen LogP contribution in [0, 0.1) is 6.92 Å². The Balaban J connectivity index is 1.31. The maximum Gasteiger partial charge on any atom is 0.257 e. The van der Waals surface area contributed by atoms with Crippen molar-refractivity contribution in [1.29, 1.82) is 0 Å². The third-order valence-electron chi connectivity index (χ3n) is 5.23. The minimum atomic E-state index is -0.144. The number of aromatic nitrogens is 1. The monoisotopic (exact) mass is 386 g/mol. The highest BCUT2D eigenvalue weighted by molar-refractivity contribution is 6.04. The van der Waals surface area contributed by atoms with Gasteiger partial charge in [-0.1, -0.05) is 48.0 Å². The molecule has 2 N–H and O–H groups in total. The van der Waals surface area contributed by atoms with Gasteiger partial charge in [0.05, 0.1) is 5.56 Å². The predicted octanol–water partition coefficient (Wildman–Crippen LogP) is 4.01. The van der Waals surface area contributed by atoms with Gasteiger partial charge in [-0.05, 0) is 43.2 Å². The van der Waals surface area contributed by atoms with E-state index >= 15 is 0 Å². The molecule has 5 nitrogen and oxygen atoms in total. The number of anilines is 2. The van der Waals surface area contributed by atoms with Crippen molar-refractivity contribution in [2.45, 2.75) is 25.9 Å². The van der Waals surface area contributed by atoms with E-state index in [1.165, 1.54) is 11.1 Å². The lowest BCUT2D eigenvalue weighted by Crippen LogP contribution is -2.32. The van der Waals surface area contributed by atoms with E-state index in [1.807, 2.05) is 42.5 Å². The molecule has 3 aromatic rings. The van der Waals surface area contributed by atoms with Gasteiger partial charge in [0.2, 0.25) is 0 Å². The highest BCUT2D eigenvalue weighted by atomic mass is 16.1. The van der Waals surface area contributed by atoms with Crippen LogP contribution in [0.5, 0.6) is 0 Å². The molecule has 4 rings (SSSR count). The first-order chi connectivity index (χ1) is 14.2. The fourth-order valence-electron chi connectivity index (χ4n) is 3.65. The lowest BCUT2D eigenvalue weighted by atomic mass is 10.1. The molecule has 2 heterocycles. The van der Waals surface area contributed by atoms with Crippen molar-refractivity contribution in [2.75, 3.05) is 23.3 Å². The van der Waals surface area contributed by atoms with Gasteiger partial charge >= 0.3 is 0 Å². The number of hydrogen-bond acceptors (Lipinski definition) is 4. The average molecular weight is 386 g/mol. The van der Waals surface area contributed by atoms with Gasteiger partial charge in [-0.25, -0.2) is 4.98 Å². The van der Waals surface area contributed by atoms with Crippen LogP contribution < -0.4 is 15.5 Å². The molecule has 0 spiro atoms. The summed E-state index contributed by atoms with van der Waals surface area (Å²) in [4.78, 5) is 19.2. The second-order valence-corrected chi connectivity index (χ2v) is 7.53. The molecule has 148 valence electrons. The molecule has 0 radical (unpaired) electrons. The number of carbonyl (C=O) groups is 1. The second-order valence-electron chi connectivity index (χ2n) is 7.53. The van der Waals surface area contributed by atoms with Crippen LogP contribution in [0.15, 0.2) is 72.9 Å². The van der Waals surface area contributed by atoms with Crippen molar-refractivity contribution in [3.63, 3.8) is 0 Å². The molecule has 29 heavy (non-hydrogen) atoms. The summed E-state index contributed by atoms with van der Waals surface area (Å²) in [6.45, 7) is 4.89. The first kappa shape index (κ1) is 19.2. The second kappa shape index (κ2) is 8.88. The van der Waals surface area contributed by atoms with E-state index < -0.39 is 0 Å². The van der Waals surface area contributed by atoms with Crippen LogP contribution in [0.2, 0.25) is 0 Å². The summed E-state index contributed by atoms with van der Waals surface area (Å²) >= 11 is 0. The third kappa shape index (κ3) is 5.00. The Hall–Kier alpha value is -3.18. The van der Waals surface area contributed by atoms with Crippen molar-refractivity contribution in [1.82, 2.24) is 10.3 Å². The van der Waals surface area contributed by atoms with Crippen molar-refractivity contribution < 1.29 is 4.79 Å². The quantitative estimate of drug-likeness (QED) is 0.672. The lowest BCUT2D eigenvalue weighted by molar-refractivity contribution is 0.102. The standard InChI is InChI=1S/C24H26N4O/c1-18-6-5-7-19(14-18)15-25-22-12-13-28(17-22)23-11-10-20(16-26-23)24(29)27-21-8-3-2-4-9-21/h2-11,14,16,22,25H,12-13,15,17H2,1H3,(H,27,29)/t22-/m0/s1. The van der Waals surface area contributed by atoms with Gasteiger partial charge in [0.25, 0.3) is 5.91 Å². The van der Waals surface area contributed by atoms with Crippen molar-refractivity contribution in [2.24, 2.45) is 0 Å². The SMILES string of the molecule is Cc1cccc(CN[C@H]2CCN(c3ccc(C(=O)Nc4ccccc4)cn3)C2)c1. The Morgan fingerprint density at radius 1 is 1.10 bits per heavy atom. The van der Waals surface area contributed by atoms with E-state index in [-0.39, 0.29) is 5.91 Å². The number of aryl methyl sites for hydroxylation is 1. The van der Waals surface area contributed by atoms with Crippen LogP contribution in [0.1, 0.15) is 27.9 Å². The minimum Gasteiger partial charge on any atom is -0.355 e. The number of rotatable bonds is 6. The summed E-state index contributed by atoms with van der Waals surface area (Å²) in [5.41, 5.74) is 3.95. The third-order valence-corrected chi connectivity index (χ3v) is 5.23. The van der Waals surface area contributed by atoms with E-state index in [4.69, 9.17) is 0 Å². The Morgan fingerprint density at radius 3 is 2.72 bits per heavy atom. The molecule has 1 atom stereocenters. The van der Waals surface area contributed by atoms with Crippen molar-refractivity contribution in [3.05, 3.63) is 89.6 Å². The number of hydrogen-bond donors (Lipinski definition) is 2. The zero-order valence-electron chi connectivity index (χ0n) is 16.6. The van der Waals surface area contributed by atoms with E-state index in [9.17, 15) is 4.79 Å². The van der Waals surface area contributed by atoms with Gasteiger partial charge in [0.1, 0.15) is 5.82 Å². The van der Waals surface area contributed by atoms with Crippen LogP contribution >= 0.6 is 0 Å². The van der Waals surface area contributed by atoms with Gasteiger partial charge in [0, 0.05) is 37.6 Å². The van der Waals surface area contributed by atoms with Crippen LogP contribution in [0.4, 0.5) is 11.5 Å². The molecule has 1 aromatic heterocycles. The highest BCUT2D eigenvalue weighted by Crippen LogP contribution is 2.19. The summed E-state index contributed by atoms with van der Waals surface area (Å²) in [5.74, 6) is 0.774. The molecule has 5 heteroatoms. The number of nitrogens with one attached hydrogen (secondary N) is 2. The number of benzene rings is 2. The van der Waals surface area contributed by atoms with Crippen LogP contribution in [0.25, 0.3) is 0 Å². The van der Waals surface area contributed by atoms with Gasteiger partial charge in [-0.3, -0.25) is 4.79 Å². The summed E-state index contributed by atoms with van der Waals surface area (Å²) in [6, 6.07) is 22.3. The molecule has 0 aliphatic carbocycles. The van der Waals surface area contributed by atoms with Gasteiger partial charge in [-0.15, -0.1) is 0 Å². The van der Waals surface area contributed by atoms with Gasteiger partial charge < -0.3 is 15.5 Å². The zero-order chi connectivity index (χ0) is 20.1. The van der Waals surface area contributed by atoms with Crippen LogP contribution in [0.3, 0.4) is 0 Å². The van der Waals surface area contributed by atoms with Crippen LogP contribution in [-0.2, 0) is 6.54 Å². The highest BCUT2D eigenvalue weighted by Gasteiger charge is 2.23. The number of para-hydroxylation sites is 1. The molecule has 0 bridgehead atoms. The fourth-order valence-corrected chi connectivity index (χ4v) is 3.65. The maximum absolute atomic E-state index is 12.4. The molecule has 2 aromatic carbocycles. The molecule has 1 aliphatic rings. The molecule has 1 fully saturated rings. The normalized spacial score (nSPS) is 16.0. The number of nitrogens with zero attached hydrogens (tertiary/aromatic N) is 2. The van der Waals surface area contributed by atoms with E-state index in [2.05, 4.69) is 51.7 Å². The summed E-state index contributed by atoms with van der Waals surface area (Å²) in [5, 5.41) is 6.54. The molecular formula is C24H26N4O. The van der Waals surface area contributed by atoms with Crippen molar-refractivity contribution >= 4 is 17.4 Å². The topological polar surface area (TPSA) is 57.3 Å². The molecular weight excluding hydrogens is 360 g/mol. The lowest BCUT2D eigenvalue weighted by Gasteiger charge is -2.18. The van der Waals surface area contributed by atoms with Crippen molar-refractivity contribution in [3.8, 4) is 0 Å². The first-order valence-electron chi connectivity index (χ1n) is 10.0. The predicted molar refractivity (Wildman–Crippen MR) is 117 cm³/mol. The zero-order valence-corrected chi connectivity index (χ0v) is 16.6. The number of amides is 1. The summed E-state index contributed by atoms with van der Waals surface area (Å²) in [6.07, 6.45) is 2.74. The summed E-state index contributed by atoms with van der Waals surface area (Å²) < 4.78 is 0. The Kier molecular flexibility index (Phi) is 5.86. The molecule has 1 amide bonds. The Bertz CT molecular complexity index is 956. The number of pyridine rings is 1.